The van der Waals surface area contributed by atoms with Gasteiger partial charge in [-0.3, -0.25) is 0 Å². The molecule has 13 heavy (non-hydrogen) atoms. The zero-order valence-corrected chi connectivity index (χ0v) is 8.29. The molecule has 0 aromatic heterocycles. The third-order valence-corrected chi connectivity index (χ3v) is 2.67. The van der Waals surface area contributed by atoms with Gasteiger partial charge in [0.1, 0.15) is 0 Å². The minimum Gasteiger partial charge on any atom is -0.370 e. The maximum atomic E-state index is 5.36. The lowest BCUT2D eigenvalue weighted by molar-refractivity contribution is 0.370. The molecule has 1 aliphatic heterocycles. The fraction of sp³-hybridized carbons (Fsp3) is 0.500. The Morgan fingerprint density at radius 1 is 1.23 bits per heavy atom. The zero-order chi connectivity index (χ0) is 9.26. The van der Waals surface area contributed by atoms with Crippen molar-refractivity contribution in [2.75, 3.05) is 0 Å². The monoisotopic (exact) mass is 176 g/mol. The van der Waals surface area contributed by atoms with Crippen LogP contribution in [0.1, 0.15) is 24.5 Å². The van der Waals surface area contributed by atoms with Crippen molar-refractivity contribution < 1.29 is 4.74 Å². The number of benzene rings is 1. The molecule has 1 heteroatoms. The van der Waals surface area contributed by atoms with E-state index in [9.17, 15) is 0 Å². The van der Waals surface area contributed by atoms with Gasteiger partial charge < -0.3 is 4.74 Å². The Balaban J connectivity index is 1.84. The summed E-state index contributed by atoms with van der Waals surface area (Å²) in [5.74, 6) is 0. The summed E-state index contributed by atoms with van der Waals surface area (Å²) in [5.41, 5.74) is 2.76. The number of hydrogen-bond donors (Lipinski definition) is 0. The fourth-order valence-corrected chi connectivity index (χ4v) is 1.60. The first-order chi connectivity index (χ1) is 6.25. The highest BCUT2D eigenvalue weighted by Gasteiger charge is 2.32. The summed E-state index contributed by atoms with van der Waals surface area (Å²) in [4.78, 5) is 0. The van der Waals surface area contributed by atoms with Gasteiger partial charge in [-0.2, -0.15) is 0 Å². The predicted molar refractivity (Wildman–Crippen MR) is 53.8 cm³/mol. The highest BCUT2D eigenvalue weighted by Crippen LogP contribution is 2.25. The van der Waals surface area contributed by atoms with Crippen molar-refractivity contribution in [3.05, 3.63) is 35.4 Å². The van der Waals surface area contributed by atoms with E-state index in [2.05, 4.69) is 38.1 Å². The van der Waals surface area contributed by atoms with E-state index < -0.39 is 0 Å². The topological polar surface area (TPSA) is 12.5 Å². The number of ether oxygens (including phenoxy) is 1. The van der Waals surface area contributed by atoms with Gasteiger partial charge >= 0.3 is 0 Å². The summed E-state index contributed by atoms with van der Waals surface area (Å²) in [7, 11) is 0. The zero-order valence-electron chi connectivity index (χ0n) is 8.29. The molecule has 1 nitrogen and oxygen atoms in total. The normalized spacial score (nSPS) is 26.0. The Morgan fingerprint density at radius 2 is 1.85 bits per heavy atom. The molecule has 0 amide bonds. The molecule has 0 bridgehead atoms. The standard InChI is InChI=1S/C12H16O/c1-9-3-5-11(6-4-9)7-8-12-10(2)13-12/h3-6,10,12H,7-8H2,1-2H3. The van der Waals surface area contributed by atoms with Crippen molar-refractivity contribution in [3.63, 3.8) is 0 Å². The Bertz CT molecular complexity index is 276. The van der Waals surface area contributed by atoms with E-state index in [0.29, 0.717) is 12.2 Å². The Hall–Kier alpha value is -0.820. The first-order valence-electron chi connectivity index (χ1n) is 4.97. The van der Waals surface area contributed by atoms with Crippen molar-refractivity contribution in [1.29, 1.82) is 0 Å². The second kappa shape index (κ2) is 3.51. The van der Waals surface area contributed by atoms with Crippen LogP contribution >= 0.6 is 0 Å². The Morgan fingerprint density at radius 3 is 2.38 bits per heavy atom. The van der Waals surface area contributed by atoms with Gasteiger partial charge in [0.25, 0.3) is 0 Å². The second-order valence-electron chi connectivity index (χ2n) is 3.90. The van der Waals surface area contributed by atoms with Crippen LogP contribution in [0.15, 0.2) is 24.3 Å². The fourth-order valence-electron chi connectivity index (χ4n) is 1.60. The first-order valence-corrected chi connectivity index (χ1v) is 4.97. The summed E-state index contributed by atoms with van der Waals surface area (Å²) in [6.07, 6.45) is 3.35. The van der Waals surface area contributed by atoms with Crippen molar-refractivity contribution in [2.24, 2.45) is 0 Å². The van der Waals surface area contributed by atoms with E-state index in [1.54, 1.807) is 0 Å². The predicted octanol–water partition coefficient (Wildman–Crippen LogP) is 2.71. The lowest BCUT2D eigenvalue weighted by atomic mass is 10.1. The summed E-state index contributed by atoms with van der Waals surface area (Å²) in [6, 6.07) is 8.77. The van der Waals surface area contributed by atoms with Crippen LogP contribution in [0.25, 0.3) is 0 Å². The molecule has 0 N–H and O–H groups in total. The van der Waals surface area contributed by atoms with Crippen molar-refractivity contribution >= 4 is 0 Å². The molecule has 1 aromatic carbocycles. The molecule has 1 saturated heterocycles. The molecular formula is C12H16O. The molecule has 1 aromatic rings. The quantitative estimate of drug-likeness (QED) is 0.645. The second-order valence-corrected chi connectivity index (χ2v) is 3.90. The SMILES string of the molecule is Cc1ccc(CCC2OC2C)cc1. The number of hydrogen-bond acceptors (Lipinski definition) is 1. The average Bonchev–Trinajstić information content (AvgIpc) is 2.81. The maximum Gasteiger partial charge on any atom is 0.0842 e. The average molecular weight is 176 g/mol. The minimum absolute atomic E-state index is 0.505. The van der Waals surface area contributed by atoms with Gasteiger partial charge in [0.05, 0.1) is 12.2 Å². The van der Waals surface area contributed by atoms with Crippen molar-refractivity contribution in [1.82, 2.24) is 0 Å². The number of rotatable bonds is 3. The van der Waals surface area contributed by atoms with Gasteiger partial charge in [-0.05, 0) is 32.3 Å². The van der Waals surface area contributed by atoms with Gasteiger partial charge in [0.2, 0.25) is 0 Å². The van der Waals surface area contributed by atoms with Crippen LogP contribution in [0.5, 0.6) is 0 Å². The van der Waals surface area contributed by atoms with Crippen LogP contribution < -0.4 is 0 Å². The van der Waals surface area contributed by atoms with Crippen LogP contribution in [0.3, 0.4) is 0 Å². The highest BCUT2D eigenvalue weighted by atomic mass is 16.6. The molecule has 0 radical (unpaired) electrons. The van der Waals surface area contributed by atoms with E-state index in [-0.39, 0.29) is 0 Å². The molecule has 0 spiro atoms. The summed E-state index contributed by atoms with van der Waals surface area (Å²) < 4.78 is 5.36. The van der Waals surface area contributed by atoms with Gasteiger partial charge in [-0.1, -0.05) is 29.8 Å². The smallest absolute Gasteiger partial charge is 0.0842 e. The lowest BCUT2D eigenvalue weighted by Gasteiger charge is -1.99. The van der Waals surface area contributed by atoms with E-state index in [4.69, 9.17) is 4.74 Å². The third kappa shape index (κ3) is 2.31. The summed E-state index contributed by atoms with van der Waals surface area (Å²) in [5, 5.41) is 0. The van der Waals surface area contributed by atoms with Gasteiger partial charge in [0.15, 0.2) is 0 Å². The summed E-state index contributed by atoms with van der Waals surface area (Å²) in [6.45, 7) is 4.26. The molecule has 70 valence electrons. The van der Waals surface area contributed by atoms with Crippen molar-refractivity contribution in [2.45, 2.75) is 38.9 Å². The molecule has 1 aliphatic rings. The molecule has 0 saturated carbocycles. The van der Waals surface area contributed by atoms with Crippen LogP contribution in [0.4, 0.5) is 0 Å². The molecule has 1 heterocycles. The van der Waals surface area contributed by atoms with Crippen molar-refractivity contribution in [3.8, 4) is 0 Å². The molecule has 1 fully saturated rings. The lowest BCUT2D eigenvalue weighted by Crippen LogP contribution is -1.93. The number of epoxide rings is 1. The highest BCUT2D eigenvalue weighted by molar-refractivity contribution is 5.21. The van der Waals surface area contributed by atoms with Gasteiger partial charge in [-0.25, -0.2) is 0 Å². The Labute approximate surface area is 79.7 Å². The molecule has 2 unspecified atom stereocenters. The van der Waals surface area contributed by atoms with Crippen LogP contribution in [-0.4, -0.2) is 12.2 Å². The van der Waals surface area contributed by atoms with E-state index in [1.165, 1.54) is 17.5 Å². The Kier molecular flexibility index (Phi) is 2.36. The van der Waals surface area contributed by atoms with Crippen LogP contribution in [0, 0.1) is 6.92 Å². The van der Waals surface area contributed by atoms with Crippen LogP contribution in [0.2, 0.25) is 0 Å². The van der Waals surface area contributed by atoms with E-state index in [1.807, 2.05) is 0 Å². The first kappa shape index (κ1) is 8.76. The molecule has 2 atom stereocenters. The van der Waals surface area contributed by atoms with E-state index in [0.717, 1.165) is 6.42 Å². The third-order valence-electron chi connectivity index (χ3n) is 2.67. The number of aryl methyl sites for hydroxylation is 2. The molecule has 2 rings (SSSR count). The van der Waals surface area contributed by atoms with Gasteiger partial charge in [-0.15, -0.1) is 0 Å². The minimum atomic E-state index is 0.505. The maximum absolute atomic E-state index is 5.36. The van der Waals surface area contributed by atoms with Crippen LogP contribution in [-0.2, 0) is 11.2 Å². The largest absolute Gasteiger partial charge is 0.370 e. The van der Waals surface area contributed by atoms with Gasteiger partial charge in [0, 0.05) is 0 Å². The van der Waals surface area contributed by atoms with E-state index >= 15 is 0 Å². The molecular weight excluding hydrogens is 160 g/mol. The summed E-state index contributed by atoms with van der Waals surface area (Å²) >= 11 is 0. The molecule has 0 aliphatic carbocycles.